The summed E-state index contributed by atoms with van der Waals surface area (Å²) in [6.07, 6.45) is 12.2. The number of imidazole rings is 1. The van der Waals surface area contributed by atoms with Crippen molar-refractivity contribution in [3.05, 3.63) is 106 Å². The lowest BCUT2D eigenvalue weighted by Gasteiger charge is -2.24. The summed E-state index contributed by atoms with van der Waals surface area (Å²) in [5, 5.41) is 3.95. The van der Waals surface area contributed by atoms with Crippen molar-refractivity contribution < 1.29 is 18.7 Å². The van der Waals surface area contributed by atoms with Gasteiger partial charge in [0, 0.05) is 60.3 Å². The van der Waals surface area contributed by atoms with Crippen LogP contribution in [0.4, 0.5) is 10.1 Å². The zero-order valence-corrected chi connectivity index (χ0v) is 23.6. The summed E-state index contributed by atoms with van der Waals surface area (Å²) < 4.78 is 19.3. The van der Waals surface area contributed by atoms with Gasteiger partial charge < -0.3 is 29.5 Å². The summed E-state index contributed by atoms with van der Waals surface area (Å²) in [6.45, 7) is 11.7. The second-order valence-electron chi connectivity index (χ2n) is 7.47. The highest BCUT2D eigenvalue weighted by Crippen LogP contribution is 2.36. The van der Waals surface area contributed by atoms with E-state index >= 15 is 0 Å². The van der Waals surface area contributed by atoms with E-state index in [0.717, 1.165) is 22.7 Å². The van der Waals surface area contributed by atoms with Crippen molar-refractivity contribution in [3.63, 3.8) is 0 Å². The molecular weight excluding hydrogens is 544 g/mol. The molecule has 3 heterocycles. The van der Waals surface area contributed by atoms with E-state index in [2.05, 4.69) is 26.8 Å². The van der Waals surface area contributed by atoms with E-state index in [1.54, 1.807) is 51.2 Å². The van der Waals surface area contributed by atoms with Gasteiger partial charge in [0.25, 0.3) is 0 Å². The molecule has 1 aliphatic heterocycles. The van der Waals surface area contributed by atoms with Crippen LogP contribution in [0.5, 0.6) is 5.88 Å². The van der Waals surface area contributed by atoms with E-state index in [1.165, 1.54) is 6.07 Å². The Morgan fingerprint density at radius 2 is 1.87 bits per heavy atom. The Morgan fingerprint density at radius 3 is 2.41 bits per heavy atom. The minimum Gasteiger partial charge on any atom is -0.481 e. The number of carbonyl (C=O) groups excluding carboxylic acids is 2. The normalized spacial score (nSPS) is 12.8. The molecule has 2 aromatic heterocycles. The molecule has 0 fully saturated rings. The maximum absolute atomic E-state index is 14.4. The number of nitrogens with zero attached hydrogens (tertiary/aromatic N) is 3. The van der Waals surface area contributed by atoms with Gasteiger partial charge in [-0.2, -0.15) is 0 Å². The van der Waals surface area contributed by atoms with Crippen LogP contribution in [0.25, 0.3) is 11.1 Å². The van der Waals surface area contributed by atoms with Crippen LogP contribution in [0.15, 0.2) is 73.6 Å². The van der Waals surface area contributed by atoms with Gasteiger partial charge in [0.05, 0.1) is 28.5 Å². The lowest BCUT2D eigenvalue weighted by molar-refractivity contribution is -0.0987. The number of pyridine rings is 1. The van der Waals surface area contributed by atoms with Gasteiger partial charge in [-0.05, 0) is 38.1 Å². The second kappa shape index (κ2) is 16.6. The Bertz CT molecular complexity index is 1340. The maximum Gasteiger partial charge on any atom is 0.216 e. The first-order valence-corrected chi connectivity index (χ1v) is 12.0. The zero-order chi connectivity index (χ0) is 29.5. The van der Waals surface area contributed by atoms with Gasteiger partial charge in [-0.1, -0.05) is 35.9 Å². The van der Waals surface area contributed by atoms with Gasteiger partial charge in [-0.3, -0.25) is 0 Å². The van der Waals surface area contributed by atoms with Gasteiger partial charge in [0.1, 0.15) is 25.2 Å². The number of ether oxygens (including phenoxy) is 1. The van der Waals surface area contributed by atoms with Crippen molar-refractivity contribution in [1.29, 1.82) is 0 Å². The summed E-state index contributed by atoms with van der Waals surface area (Å²) in [5.74, 6) is 1.02. The van der Waals surface area contributed by atoms with Crippen molar-refractivity contribution in [2.24, 2.45) is 0 Å². The van der Waals surface area contributed by atoms with Crippen molar-refractivity contribution in [3.8, 4) is 5.88 Å². The van der Waals surface area contributed by atoms with Crippen LogP contribution >= 0.6 is 23.2 Å². The average Bonchev–Trinajstić information content (AvgIpc) is 3.51. The molecule has 1 aromatic carbocycles. The highest BCUT2D eigenvalue weighted by molar-refractivity contribution is 6.35. The molecule has 0 radical (unpaired) electrons. The first kappa shape index (κ1) is 32.8. The summed E-state index contributed by atoms with van der Waals surface area (Å²) in [6, 6.07) is 4.83. The lowest BCUT2D eigenvalue weighted by Crippen LogP contribution is -2.13. The third kappa shape index (κ3) is 8.39. The molecule has 1 aliphatic rings. The molecule has 11 heteroatoms. The molecule has 0 saturated heterocycles. The largest absolute Gasteiger partial charge is 0.481 e. The fourth-order valence-corrected chi connectivity index (χ4v) is 4.05. The number of hydrogen-bond acceptors (Lipinski definition) is 7. The number of methoxy groups -OCH3 is 1. The van der Waals surface area contributed by atoms with E-state index in [0.29, 0.717) is 32.7 Å². The molecule has 8 nitrogen and oxygen atoms in total. The van der Waals surface area contributed by atoms with Crippen LogP contribution < -0.4 is 10.1 Å². The smallest absolute Gasteiger partial charge is 0.216 e. The fourth-order valence-electron chi connectivity index (χ4n) is 3.48. The van der Waals surface area contributed by atoms with Gasteiger partial charge in [0.15, 0.2) is 0 Å². The van der Waals surface area contributed by atoms with Crippen LogP contribution in [0.2, 0.25) is 10.0 Å². The molecule has 0 saturated carbocycles. The molecule has 3 aromatic rings. The van der Waals surface area contributed by atoms with Gasteiger partial charge in [-0.25, -0.2) is 14.4 Å². The predicted molar refractivity (Wildman–Crippen MR) is 156 cm³/mol. The average molecular weight is 574 g/mol. The van der Waals surface area contributed by atoms with Crippen molar-refractivity contribution in [2.45, 2.75) is 13.8 Å². The second-order valence-corrected chi connectivity index (χ2v) is 8.28. The Hall–Kier alpha value is -4.21. The van der Waals surface area contributed by atoms with Gasteiger partial charge in [0.2, 0.25) is 5.88 Å². The van der Waals surface area contributed by atoms with Crippen LogP contribution in [0, 0.1) is 12.7 Å². The number of hydrogen-bond donors (Lipinski definition) is 2. The number of carbonyl (C=O) groups is 2. The first-order valence-electron chi connectivity index (χ1n) is 11.2. The van der Waals surface area contributed by atoms with Gasteiger partial charge in [-0.15, -0.1) is 0 Å². The molecule has 4 rings (SSSR count). The predicted octanol–water partition coefficient (Wildman–Crippen LogP) is 6.71. The fraction of sp³-hybridized carbons (Fsp3) is 0.143. The monoisotopic (exact) mass is 573 g/mol. The van der Waals surface area contributed by atoms with Crippen LogP contribution in [-0.2, 0) is 9.59 Å². The molecule has 2 N–H and O–H groups in total. The third-order valence-electron chi connectivity index (χ3n) is 5.25. The molecule has 0 atom stereocenters. The number of halogens is 3. The molecule has 0 aliphatic carbocycles. The number of aromatic amines is 1. The number of H-pyrrole nitrogens is 1. The molecule has 0 amide bonds. The lowest BCUT2D eigenvalue weighted by atomic mass is 10.0. The van der Waals surface area contributed by atoms with E-state index in [-0.39, 0.29) is 5.82 Å². The van der Waals surface area contributed by atoms with E-state index in [1.807, 2.05) is 50.5 Å². The standard InChI is InChI=1S/C19H18ClFN4.C7H8ClNO.2CH2O/c1-4-25-11-13(17-14(21)6-7-15(22-3)18(17)20)5-8-16(25)12(2)19-23-9-10-24-19;1-5-3-6(8)4-9-7(5)10-2;2*1-2/h4-11,22H,1H2,2-3H3,(H,23,24);3-4H,1-2H3;2*1H2/b16-12+;;;. The van der Waals surface area contributed by atoms with Gasteiger partial charge >= 0.3 is 0 Å². The third-order valence-corrected chi connectivity index (χ3v) is 5.85. The summed E-state index contributed by atoms with van der Waals surface area (Å²) >= 11 is 12.0. The zero-order valence-electron chi connectivity index (χ0n) is 22.1. The summed E-state index contributed by atoms with van der Waals surface area (Å²) in [7, 11) is 3.33. The van der Waals surface area contributed by atoms with Crippen molar-refractivity contribution in [2.75, 3.05) is 19.5 Å². The van der Waals surface area contributed by atoms with Crippen molar-refractivity contribution in [1.82, 2.24) is 19.9 Å². The molecule has 206 valence electrons. The van der Waals surface area contributed by atoms with Crippen LogP contribution in [0.3, 0.4) is 0 Å². The maximum atomic E-state index is 14.4. The van der Waals surface area contributed by atoms with E-state index in [4.69, 9.17) is 37.5 Å². The topological polar surface area (TPSA) is 100 Å². The first-order chi connectivity index (χ1) is 18.8. The Balaban J connectivity index is 0.000000454. The van der Waals surface area contributed by atoms with Crippen LogP contribution in [-0.4, -0.2) is 47.6 Å². The number of anilines is 1. The minimum atomic E-state index is -0.376. The number of aromatic nitrogens is 3. The molecule has 0 bridgehead atoms. The number of nitrogens with one attached hydrogen (secondary N) is 2. The van der Waals surface area contributed by atoms with E-state index in [9.17, 15) is 4.39 Å². The number of aryl methyl sites for hydroxylation is 1. The van der Waals surface area contributed by atoms with Crippen molar-refractivity contribution >= 4 is 53.6 Å². The molecule has 39 heavy (non-hydrogen) atoms. The molecular formula is C28H30Cl2FN5O3. The summed E-state index contributed by atoms with van der Waals surface area (Å²) in [4.78, 5) is 29.1. The molecule has 0 unspecified atom stereocenters. The Kier molecular flexibility index (Phi) is 14.0. The number of rotatable bonds is 5. The highest BCUT2D eigenvalue weighted by atomic mass is 35.5. The SMILES string of the molecule is C=CN1C=C(c2c(F)ccc(NC)c2Cl)C=C/C1=C(/C)c1ncc[nH]1.C=O.C=O.COc1ncc(Cl)cc1C. The highest BCUT2D eigenvalue weighted by Gasteiger charge is 2.19. The number of benzene rings is 1. The Labute approximate surface area is 237 Å². The van der Waals surface area contributed by atoms with E-state index < -0.39 is 0 Å². The Morgan fingerprint density at radius 1 is 1.18 bits per heavy atom. The molecule has 0 spiro atoms. The van der Waals surface area contributed by atoms with Crippen LogP contribution in [0.1, 0.15) is 23.9 Å². The summed E-state index contributed by atoms with van der Waals surface area (Å²) in [5.41, 5.74) is 4.49. The number of allylic oxidation sites excluding steroid dienone is 4. The minimum absolute atomic E-state index is 0.345. The quantitative estimate of drug-likeness (QED) is 0.349.